The lowest BCUT2D eigenvalue weighted by Crippen LogP contribution is -2.71. The Bertz CT molecular complexity index is 3620. The summed E-state index contributed by atoms with van der Waals surface area (Å²) in [5.41, 5.74) is 0. The van der Waals surface area contributed by atoms with E-state index >= 15 is 0 Å². The van der Waals surface area contributed by atoms with Crippen molar-refractivity contribution in [1.29, 1.82) is 0 Å². The number of hydrogen-bond donors (Lipinski definition) is 17. The average molecular weight is 2060 g/mol. The maximum atomic E-state index is 14.8. The number of rotatable bonds is 75. The van der Waals surface area contributed by atoms with Gasteiger partial charge in [-0.1, -0.05) is 259 Å². The molecule has 0 aliphatic carbocycles. The minimum absolute atomic E-state index is 0.0315. The topological polar surface area (TPSA) is 763 Å². The van der Waals surface area contributed by atoms with Crippen LogP contribution in [0.15, 0.2) is 0 Å². The van der Waals surface area contributed by atoms with Crippen molar-refractivity contribution in [2.24, 2.45) is 0 Å². The Morgan fingerprint density at radius 3 is 1.09 bits per heavy atom. The molecule has 0 aromatic heterocycles. The van der Waals surface area contributed by atoms with Crippen LogP contribution in [0.25, 0.3) is 0 Å². The van der Waals surface area contributed by atoms with Gasteiger partial charge >= 0.3 is 11.9 Å². The van der Waals surface area contributed by atoms with Crippen LogP contribution in [0.4, 0.5) is 0 Å². The first-order chi connectivity index (χ1) is 66.4. The van der Waals surface area contributed by atoms with Crippen LogP contribution >= 0.6 is 15.6 Å². The number of unbranched alkanes of at least 4 members (excludes halogenated alkanes) is 32. The number of aliphatic hydroxyl groups excluding tert-OH is 15. The minimum Gasteiger partial charge on any atom is -0.790 e. The van der Waals surface area contributed by atoms with Crippen LogP contribution < -0.4 is 45.5 Å². The van der Waals surface area contributed by atoms with E-state index in [1.54, 1.807) is 0 Å². The number of phosphoric acid groups is 2. The SMILES string of the molecule is CCCCCCCCCCC[C@@H](O)CC(=O)N[C@H]1[C@H](OC[C@H]2O[C@H](OP(=O)([O-])[O-])[C@H](NC(=O)C[C@H](O)CCCCCCCCCCC)[C@@H](OC(=O)C[C@H](O)CCCCCCCCCCC)[C@@H]2O)O[C@H](CO[C@]2(C(=O)[O-])C[C@@H](O[C@]3(C(=O)[O-])C[C@@H](O)[C@@H](O)[C@@H]([C@H](O)CO[C@]4(C(=O)[O-])C[C@@H](O)[C@@H](O)[C@@H]([C@H](O)CO)O4)O3)[C@@H](O)[C@@H]([C@H](O)CO)O2)[C@@H](OP(=O)([O-])[O-])[C@@H]1OC(=O)C[C@H](O)CCCCCCCCCCC. The maximum Gasteiger partial charge on any atom is 0.308 e. The zero-order valence-corrected chi connectivity index (χ0v) is 83.0. The molecule has 0 unspecified atom stereocenters. The van der Waals surface area contributed by atoms with Crippen LogP contribution in [0.5, 0.6) is 0 Å². The Hall–Kier alpha value is -4.45. The maximum absolute atomic E-state index is 14.8. The quantitative estimate of drug-likeness (QED) is 0.0168. The van der Waals surface area contributed by atoms with Crippen LogP contribution in [0.1, 0.15) is 329 Å². The van der Waals surface area contributed by atoms with Gasteiger partial charge in [-0.25, -0.2) is 0 Å². The van der Waals surface area contributed by atoms with Crippen LogP contribution in [-0.4, -0.2) is 328 Å². The zero-order valence-electron chi connectivity index (χ0n) is 81.2. The number of hydrogen-bond acceptors (Lipinski definition) is 44. The number of carboxylic acids is 3. The monoisotopic (exact) mass is 2060 g/mol. The van der Waals surface area contributed by atoms with Crippen LogP contribution in [0.2, 0.25) is 0 Å². The van der Waals surface area contributed by atoms with Crippen molar-refractivity contribution in [3.63, 3.8) is 0 Å². The average Bonchev–Trinajstić information content (AvgIpc) is 0.744. The summed E-state index contributed by atoms with van der Waals surface area (Å²) < 4.78 is 100. The third-order valence-electron chi connectivity index (χ3n) is 26.0. The lowest BCUT2D eigenvalue weighted by molar-refractivity contribution is -0.421. The van der Waals surface area contributed by atoms with Crippen molar-refractivity contribution in [3.05, 3.63) is 0 Å². The van der Waals surface area contributed by atoms with Crippen LogP contribution in [-0.2, 0) is 104 Å². The summed E-state index contributed by atoms with van der Waals surface area (Å²) in [6, 6.07) is -4.65. The molecule has 5 saturated heterocycles. The van der Waals surface area contributed by atoms with E-state index < -0.39 is 312 Å². The number of aliphatic carboxylic acids is 3. The number of carbonyl (C=O) groups is 7. The highest BCUT2D eigenvalue weighted by molar-refractivity contribution is 7.43. The van der Waals surface area contributed by atoms with Crippen molar-refractivity contribution in [3.8, 4) is 0 Å². The molecule has 5 heterocycles. The van der Waals surface area contributed by atoms with Crippen molar-refractivity contribution < 1.29 is 215 Å². The fourth-order valence-electron chi connectivity index (χ4n) is 18.1. The van der Waals surface area contributed by atoms with Gasteiger partial charge in [-0.2, -0.15) is 0 Å². The van der Waals surface area contributed by atoms with E-state index in [1.165, 1.54) is 0 Å². The fourth-order valence-corrected chi connectivity index (χ4v) is 19.0. The zero-order chi connectivity index (χ0) is 104. The Morgan fingerprint density at radius 2 is 0.707 bits per heavy atom. The summed E-state index contributed by atoms with van der Waals surface area (Å²) in [6.45, 7) is 0.873. The molecule has 0 aromatic rings. The first-order valence-electron chi connectivity index (χ1n) is 50.4. The minimum atomic E-state index is -6.72. The second kappa shape index (κ2) is 65.4. The molecule has 0 saturated carbocycles. The molecule has 5 aliphatic rings. The van der Waals surface area contributed by atoms with E-state index in [4.69, 9.17) is 61.2 Å². The summed E-state index contributed by atoms with van der Waals surface area (Å²) in [7, 11) is -13.1. The first-order valence-corrected chi connectivity index (χ1v) is 53.3. The molecule has 0 bridgehead atoms. The molecular weight excluding hydrogens is 1900 g/mol. The fraction of sp³-hybridized carbons (Fsp3) is 0.924. The number of nitrogens with one attached hydrogen (secondary N) is 2. The number of carboxylic acid groups (broad SMARTS) is 3. The first kappa shape index (κ1) is 126. The summed E-state index contributed by atoms with van der Waals surface area (Å²) >= 11 is 0. The van der Waals surface area contributed by atoms with Gasteiger partial charge in [-0.3, -0.25) is 19.2 Å². The smallest absolute Gasteiger partial charge is 0.308 e. The summed E-state index contributed by atoms with van der Waals surface area (Å²) in [4.78, 5) is 151. The molecule has 0 aromatic carbocycles. The summed E-state index contributed by atoms with van der Waals surface area (Å²) in [5, 5.41) is 213. The molecule has 46 nitrogen and oxygen atoms in total. The number of aliphatic hydroxyl groups is 15. The lowest BCUT2D eigenvalue weighted by Gasteiger charge is -2.53. The Morgan fingerprint density at radius 1 is 0.379 bits per heavy atom. The lowest BCUT2D eigenvalue weighted by atomic mass is 9.89. The van der Waals surface area contributed by atoms with E-state index in [9.17, 15) is 154 Å². The second-order valence-electron chi connectivity index (χ2n) is 37.9. The molecule has 29 atom stereocenters. The highest BCUT2D eigenvalue weighted by Gasteiger charge is 2.61. The molecule has 5 fully saturated rings. The van der Waals surface area contributed by atoms with E-state index in [-0.39, 0.29) is 25.7 Å². The predicted octanol–water partition coefficient (Wildman–Crippen LogP) is -2.65. The van der Waals surface area contributed by atoms with Crippen LogP contribution in [0.3, 0.4) is 0 Å². The van der Waals surface area contributed by atoms with Crippen molar-refractivity contribution in [2.45, 2.75) is 506 Å². The van der Waals surface area contributed by atoms with Gasteiger partial charge in [0.2, 0.25) is 29.2 Å². The van der Waals surface area contributed by atoms with Crippen molar-refractivity contribution >= 4 is 57.3 Å². The number of phosphoric ester groups is 2. The molecule has 2 amide bonds. The van der Waals surface area contributed by atoms with E-state index in [1.807, 2.05) is 0 Å². The van der Waals surface area contributed by atoms with Gasteiger partial charge in [0.15, 0.2) is 24.8 Å². The molecule has 48 heteroatoms. The number of carbonyl (C=O) groups excluding carboxylic acids is 7. The van der Waals surface area contributed by atoms with Crippen molar-refractivity contribution in [1.82, 2.24) is 10.6 Å². The largest absolute Gasteiger partial charge is 0.790 e. The van der Waals surface area contributed by atoms with Gasteiger partial charge in [0.1, 0.15) is 109 Å². The van der Waals surface area contributed by atoms with E-state index in [0.29, 0.717) is 57.8 Å². The van der Waals surface area contributed by atoms with E-state index in [2.05, 4.69) is 38.3 Å². The summed E-state index contributed by atoms with van der Waals surface area (Å²) in [6.07, 6.45) is -33.0. The molecular formula is C92H159N2O44P2-7. The van der Waals surface area contributed by atoms with Gasteiger partial charge < -0.3 is 207 Å². The Labute approximate surface area is 818 Å². The normalized spacial score (nSPS) is 30.0. The van der Waals surface area contributed by atoms with Gasteiger partial charge in [0, 0.05) is 19.3 Å². The third-order valence-corrected chi connectivity index (χ3v) is 26.9. The highest BCUT2D eigenvalue weighted by atomic mass is 31.2. The molecule has 0 radical (unpaired) electrons. The van der Waals surface area contributed by atoms with E-state index in [0.717, 1.165) is 173 Å². The van der Waals surface area contributed by atoms with Gasteiger partial charge in [-0.15, -0.1) is 0 Å². The molecule has 5 rings (SSSR count). The molecule has 5 aliphatic heterocycles. The van der Waals surface area contributed by atoms with Gasteiger partial charge in [-0.05, 0) is 25.7 Å². The van der Waals surface area contributed by atoms with Gasteiger partial charge in [0.05, 0.1) is 117 Å². The molecule has 0 spiro atoms. The molecule has 818 valence electrons. The summed E-state index contributed by atoms with van der Waals surface area (Å²) in [5.74, 6) is -23.7. The predicted molar refractivity (Wildman–Crippen MR) is 475 cm³/mol. The van der Waals surface area contributed by atoms with Crippen LogP contribution in [0, 0.1) is 0 Å². The van der Waals surface area contributed by atoms with Crippen molar-refractivity contribution in [2.75, 3.05) is 33.0 Å². The standard InChI is InChI=1S/C92H166N2O44P2/c1-5-9-13-17-21-25-29-33-37-41-57(97)45-69(106)93-73-83(131-71(108)47-59(99)43-39-35-31-27-23-19-15-11-7-3)78(113)67(129-86(73)138-140(123,124)125)55-126-85-74(94-70(107)46-58(98)42-38-34-30-26-22-18-14-10-6-2)84(132-72(109)48-60(100)44-40-36-32-28-24-20-16-12-8-4)82(137-139(120,121)122)68(130-85)56-128-91(88(116)117)51-66(77(112)80(135-91)64(104)53-96)133-92(89(118)119)50-62(102)76(111)81(136-92)65(105)54-127-90(87(114)115)49-61(101)75(110)79(134-90)63(103)52-95/h57-68,73-86,95-105,110-113H,5-56H2,1-4H3,(H,93,106)(H,94,107)(H,114,115)(H,116,117)(H,118,119)(H2,120,121,122)(H2,123,124,125)/p-7/t57-,58-,59-,60-,61-,62-,63-,64-,65-,66-,67-,68-,73-,74-,75-,76-,77-,78-,79-,80-,81-,82-,83-,84-,85-,86-,90-,91-,92-/m1/s1. The van der Waals surface area contributed by atoms with Gasteiger partial charge in [0.25, 0.3) is 0 Å². The number of amides is 2. The Kier molecular flexibility index (Phi) is 58.9. The molecule has 140 heavy (non-hydrogen) atoms. The number of esters is 2. The number of ether oxygens (including phenoxy) is 11. The Balaban J connectivity index is 1.67. The highest BCUT2D eigenvalue weighted by Crippen LogP contribution is 2.45. The third kappa shape index (κ3) is 43.8. The molecule has 17 N–H and O–H groups in total. The second-order valence-corrected chi connectivity index (χ2v) is 40.1.